The maximum atomic E-state index is 12.3. The molecule has 0 atom stereocenters. The molecule has 10 heteroatoms. The summed E-state index contributed by atoms with van der Waals surface area (Å²) in [6, 6.07) is 9.12. The fourth-order valence-electron chi connectivity index (χ4n) is 2.08. The minimum atomic E-state index is -3.55. The van der Waals surface area contributed by atoms with Crippen LogP contribution >= 0.6 is 34.5 Å². The highest BCUT2D eigenvalue weighted by Gasteiger charge is 2.16. The monoisotopic (exact) mass is 415 g/mol. The number of halogens is 2. The van der Waals surface area contributed by atoms with Crippen LogP contribution in [0, 0.1) is 0 Å². The predicted octanol–water partition coefficient (Wildman–Crippen LogP) is 3.76. The Balaban J connectivity index is 1.92. The molecular formula is C15H11Cl2N3O3S2. The second-order valence-electron chi connectivity index (χ2n) is 4.93. The van der Waals surface area contributed by atoms with Gasteiger partial charge in [0.15, 0.2) is 5.13 Å². The molecular weight excluding hydrogens is 405 g/mol. The average Bonchev–Trinajstić information content (AvgIpc) is 2.98. The number of carbonyl (C=O) groups excluding carboxylic acids is 1. The molecule has 0 aliphatic heterocycles. The molecule has 130 valence electrons. The van der Waals surface area contributed by atoms with Gasteiger partial charge in [-0.05, 0) is 43.4 Å². The van der Waals surface area contributed by atoms with Crippen molar-refractivity contribution in [2.45, 2.75) is 4.90 Å². The molecule has 2 aromatic carbocycles. The Labute approximate surface area is 157 Å². The lowest BCUT2D eigenvalue weighted by Crippen LogP contribution is -2.18. The molecule has 6 nitrogen and oxygen atoms in total. The smallest absolute Gasteiger partial charge is 0.259 e. The third-order valence-electron chi connectivity index (χ3n) is 3.33. The third-order valence-corrected chi connectivity index (χ3v) is 6.24. The number of aromatic nitrogens is 1. The van der Waals surface area contributed by atoms with Crippen LogP contribution in [-0.4, -0.2) is 26.4 Å². The van der Waals surface area contributed by atoms with Gasteiger partial charge in [-0.2, -0.15) is 0 Å². The summed E-state index contributed by atoms with van der Waals surface area (Å²) in [4.78, 5) is 16.7. The highest BCUT2D eigenvalue weighted by Crippen LogP contribution is 2.29. The van der Waals surface area contributed by atoms with Gasteiger partial charge in [-0.25, -0.2) is 18.1 Å². The lowest BCUT2D eigenvalue weighted by Gasteiger charge is -2.04. The largest absolute Gasteiger partial charge is 0.298 e. The van der Waals surface area contributed by atoms with E-state index in [1.807, 2.05) is 0 Å². The Morgan fingerprint density at radius 3 is 2.64 bits per heavy atom. The van der Waals surface area contributed by atoms with Crippen LogP contribution in [0.4, 0.5) is 5.13 Å². The van der Waals surface area contributed by atoms with Gasteiger partial charge in [-0.3, -0.25) is 10.1 Å². The molecule has 0 radical (unpaired) electrons. The van der Waals surface area contributed by atoms with E-state index >= 15 is 0 Å². The number of thiazole rings is 1. The fourth-order valence-corrected chi connectivity index (χ4v) is 4.19. The van der Waals surface area contributed by atoms with Crippen molar-refractivity contribution in [3.05, 3.63) is 52.0 Å². The average molecular weight is 416 g/mol. The van der Waals surface area contributed by atoms with Crippen LogP contribution in [0.2, 0.25) is 10.0 Å². The molecule has 0 aliphatic rings. The summed E-state index contributed by atoms with van der Waals surface area (Å²) >= 11 is 13.1. The molecule has 0 spiro atoms. The van der Waals surface area contributed by atoms with E-state index in [9.17, 15) is 13.2 Å². The van der Waals surface area contributed by atoms with Crippen molar-refractivity contribution in [2.24, 2.45) is 0 Å². The van der Waals surface area contributed by atoms with E-state index in [1.54, 1.807) is 12.1 Å². The van der Waals surface area contributed by atoms with Gasteiger partial charge in [0.05, 0.1) is 25.7 Å². The van der Waals surface area contributed by atoms with Crippen LogP contribution in [0.3, 0.4) is 0 Å². The summed E-state index contributed by atoms with van der Waals surface area (Å²) in [5.41, 5.74) is 0.805. The minimum absolute atomic E-state index is 0.127. The number of hydrogen-bond donors (Lipinski definition) is 2. The fraction of sp³-hybridized carbons (Fsp3) is 0.0667. The minimum Gasteiger partial charge on any atom is -0.298 e. The van der Waals surface area contributed by atoms with Gasteiger partial charge in [-0.1, -0.05) is 34.5 Å². The normalized spacial score (nSPS) is 11.6. The van der Waals surface area contributed by atoms with Crippen molar-refractivity contribution < 1.29 is 13.2 Å². The molecule has 0 saturated heterocycles. The zero-order valence-corrected chi connectivity index (χ0v) is 15.9. The molecule has 1 heterocycles. The number of amides is 1. The van der Waals surface area contributed by atoms with Crippen molar-refractivity contribution in [1.29, 1.82) is 0 Å². The van der Waals surface area contributed by atoms with Crippen molar-refractivity contribution in [3.8, 4) is 0 Å². The van der Waals surface area contributed by atoms with Crippen LogP contribution in [0.25, 0.3) is 10.2 Å². The summed E-state index contributed by atoms with van der Waals surface area (Å²) < 4.78 is 26.6. The Morgan fingerprint density at radius 1 is 1.16 bits per heavy atom. The summed E-state index contributed by atoms with van der Waals surface area (Å²) in [6.07, 6.45) is 0. The Hall–Kier alpha value is -1.71. The topological polar surface area (TPSA) is 88.2 Å². The number of anilines is 1. The quantitative estimate of drug-likeness (QED) is 0.678. The van der Waals surface area contributed by atoms with Crippen LogP contribution in [0.15, 0.2) is 41.3 Å². The van der Waals surface area contributed by atoms with E-state index in [0.29, 0.717) is 20.4 Å². The van der Waals surface area contributed by atoms with Gasteiger partial charge >= 0.3 is 0 Å². The van der Waals surface area contributed by atoms with Crippen molar-refractivity contribution in [1.82, 2.24) is 9.71 Å². The van der Waals surface area contributed by atoms with Crippen LogP contribution in [0.5, 0.6) is 0 Å². The SMILES string of the molecule is CNS(=O)(=O)c1ccc2nc(NC(=O)c3cc(Cl)ccc3Cl)sc2c1. The molecule has 0 bridgehead atoms. The summed E-state index contributed by atoms with van der Waals surface area (Å²) in [6.45, 7) is 0. The summed E-state index contributed by atoms with van der Waals surface area (Å²) in [5, 5.41) is 3.64. The molecule has 1 amide bonds. The number of rotatable bonds is 4. The first kappa shape index (κ1) is 18.1. The van der Waals surface area contributed by atoms with Gasteiger partial charge in [0, 0.05) is 5.02 Å². The van der Waals surface area contributed by atoms with E-state index in [4.69, 9.17) is 23.2 Å². The summed E-state index contributed by atoms with van der Waals surface area (Å²) in [7, 11) is -2.21. The standard InChI is InChI=1S/C15H11Cl2N3O3S2/c1-18-25(22,23)9-3-5-12-13(7-9)24-15(19-12)20-14(21)10-6-8(16)2-4-11(10)17/h2-7,18H,1H3,(H,19,20,21). The first-order valence-electron chi connectivity index (χ1n) is 6.91. The summed E-state index contributed by atoms with van der Waals surface area (Å²) in [5.74, 6) is -0.449. The van der Waals surface area contributed by atoms with Gasteiger partial charge in [-0.15, -0.1) is 0 Å². The lowest BCUT2D eigenvalue weighted by molar-refractivity contribution is 0.102. The molecule has 25 heavy (non-hydrogen) atoms. The molecule has 0 unspecified atom stereocenters. The van der Waals surface area contributed by atoms with Crippen molar-refractivity contribution in [3.63, 3.8) is 0 Å². The number of nitrogens with zero attached hydrogens (tertiary/aromatic N) is 1. The molecule has 1 aromatic heterocycles. The van der Waals surface area contributed by atoms with Crippen LogP contribution in [-0.2, 0) is 10.0 Å². The van der Waals surface area contributed by atoms with Gasteiger partial charge < -0.3 is 0 Å². The number of fused-ring (bicyclic) bond motifs is 1. The number of hydrogen-bond acceptors (Lipinski definition) is 5. The lowest BCUT2D eigenvalue weighted by atomic mass is 10.2. The van der Waals surface area contributed by atoms with E-state index in [0.717, 1.165) is 11.3 Å². The molecule has 0 fully saturated rings. The maximum Gasteiger partial charge on any atom is 0.259 e. The van der Waals surface area contributed by atoms with Crippen molar-refractivity contribution in [2.75, 3.05) is 12.4 Å². The highest BCUT2D eigenvalue weighted by atomic mass is 35.5. The van der Waals surface area contributed by atoms with Crippen molar-refractivity contribution >= 4 is 65.8 Å². The Bertz CT molecular complexity index is 1080. The van der Waals surface area contributed by atoms with Gasteiger partial charge in [0.25, 0.3) is 5.91 Å². The van der Waals surface area contributed by atoms with Gasteiger partial charge in [0.2, 0.25) is 10.0 Å². The number of benzene rings is 2. The Morgan fingerprint density at radius 2 is 1.92 bits per heavy atom. The maximum absolute atomic E-state index is 12.3. The molecule has 0 saturated carbocycles. The number of nitrogens with one attached hydrogen (secondary N) is 2. The van der Waals surface area contributed by atoms with E-state index in [1.165, 1.54) is 31.3 Å². The predicted molar refractivity (Wildman–Crippen MR) is 100 cm³/mol. The van der Waals surface area contributed by atoms with E-state index < -0.39 is 15.9 Å². The molecule has 0 aliphatic carbocycles. The second kappa shape index (κ2) is 6.89. The zero-order chi connectivity index (χ0) is 18.2. The zero-order valence-electron chi connectivity index (χ0n) is 12.7. The van der Waals surface area contributed by atoms with Gasteiger partial charge in [0.1, 0.15) is 0 Å². The molecule has 3 aromatic rings. The van der Waals surface area contributed by atoms with E-state index in [2.05, 4.69) is 15.0 Å². The van der Waals surface area contributed by atoms with E-state index in [-0.39, 0.29) is 15.5 Å². The first-order valence-corrected chi connectivity index (χ1v) is 9.96. The molecule has 2 N–H and O–H groups in total. The van der Waals surface area contributed by atoms with Crippen LogP contribution < -0.4 is 10.0 Å². The van der Waals surface area contributed by atoms with Crippen LogP contribution in [0.1, 0.15) is 10.4 Å². The first-order chi connectivity index (χ1) is 11.8. The third kappa shape index (κ3) is 3.78. The highest BCUT2D eigenvalue weighted by molar-refractivity contribution is 7.89. The Kier molecular flexibility index (Phi) is 4.99. The number of carbonyl (C=O) groups is 1. The number of sulfonamides is 1. The molecule has 3 rings (SSSR count). The second-order valence-corrected chi connectivity index (χ2v) is 8.70.